The van der Waals surface area contributed by atoms with E-state index in [0.717, 1.165) is 5.70 Å². The smallest absolute Gasteiger partial charge is 0.319 e. The quantitative estimate of drug-likeness (QED) is 0.916. The molecular formula is C14H14N6O2S. The number of carbonyl (C=O) groups excluding carboxylic acids is 2. The van der Waals surface area contributed by atoms with Crippen LogP contribution in [-0.4, -0.2) is 62.7 Å². The maximum atomic E-state index is 12.1. The first-order valence-corrected chi connectivity index (χ1v) is 7.99. The number of nitrogens with zero attached hydrogens (tertiary/aromatic N) is 5. The van der Waals surface area contributed by atoms with E-state index in [1.807, 2.05) is 6.08 Å². The summed E-state index contributed by atoms with van der Waals surface area (Å²) in [5, 5.41) is 9.35. The van der Waals surface area contributed by atoms with Gasteiger partial charge in [-0.2, -0.15) is 5.10 Å². The molecule has 0 spiro atoms. The van der Waals surface area contributed by atoms with Gasteiger partial charge in [-0.05, 0) is 12.1 Å². The molecule has 0 aliphatic carbocycles. The Balaban J connectivity index is 1.53. The summed E-state index contributed by atoms with van der Waals surface area (Å²) in [4.78, 5) is 31.6. The third-order valence-electron chi connectivity index (χ3n) is 3.98. The van der Waals surface area contributed by atoms with E-state index in [2.05, 4.69) is 15.4 Å². The van der Waals surface area contributed by atoms with E-state index in [0.29, 0.717) is 23.9 Å². The fourth-order valence-corrected chi connectivity index (χ4v) is 3.28. The van der Waals surface area contributed by atoms with Crippen LogP contribution in [0.2, 0.25) is 0 Å². The molecule has 8 nitrogen and oxygen atoms in total. The summed E-state index contributed by atoms with van der Waals surface area (Å²) < 4.78 is 1.66. The van der Waals surface area contributed by atoms with Gasteiger partial charge in [0, 0.05) is 31.4 Å². The lowest BCUT2D eigenvalue weighted by Gasteiger charge is -2.21. The van der Waals surface area contributed by atoms with E-state index in [-0.39, 0.29) is 18.0 Å². The molecule has 2 aliphatic heterocycles. The lowest BCUT2D eigenvalue weighted by atomic mass is 10.2. The monoisotopic (exact) mass is 330 g/mol. The Hall–Kier alpha value is -2.68. The third-order valence-corrected chi connectivity index (χ3v) is 4.67. The molecule has 23 heavy (non-hydrogen) atoms. The number of carbonyl (C=O) groups is 2. The molecule has 1 fully saturated rings. The number of aromatic nitrogens is 3. The van der Waals surface area contributed by atoms with E-state index in [1.165, 1.54) is 11.3 Å². The van der Waals surface area contributed by atoms with Gasteiger partial charge in [-0.25, -0.2) is 14.5 Å². The van der Waals surface area contributed by atoms with Gasteiger partial charge in [0.2, 0.25) is 0 Å². The van der Waals surface area contributed by atoms with Crippen molar-refractivity contribution >= 4 is 34.1 Å². The van der Waals surface area contributed by atoms with Crippen molar-refractivity contribution < 1.29 is 9.59 Å². The molecule has 1 atom stereocenters. The number of fused-ring (bicyclic) bond motifs is 2. The van der Waals surface area contributed by atoms with E-state index >= 15 is 0 Å². The second kappa shape index (κ2) is 5.20. The predicted molar refractivity (Wildman–Crippen MR) is 85.1 cm³/mol. The molecule has 3 amide bonds. The molecule has 1 unspecified atom stereocenters. The number of thiazole rings is 1. The zero-order valence-corrected chi connectivity index (χ0v) is 13.2. The minimum atomic E-state index is -0.299. The van der Waals surface area contributed by atoms with Crippen LogP contribution >= 0.6 is 11.3 Å². The molecule has 4 heterocycles. The predicted octanol–water partition coefficient (Wildman–Crippen LogP) is 1.18. The van der Waals surface area contributed by atoms with Crippen molar-refractivity contribution in [3.63, 3.8) is 0 Å². The Morgan fingerprint density at radius 1 is 1.48 bits per heavy atom. The summed E-state index contributed by atoms with van der Waals surface area (Å²) in [6.07, 6.45) is 5.39. The van der Waals surface area contributed by atoms with E-state index in [4.69, 9.17) is 0 Å². The SMILES string of the molecule is CN1C(=O)N2CC(n3ccc(C(=O)Nc4nccs4)n3)=CC1C2. The van der Waals surface area contributed by atoms with Crippen LogP contribution in [0.15, 0.2) is 29.9 Å². The summed E-state index contributed by atoms with van der Waals surface area (Å²) in [6, 6.07) is 1.74. The molecule has 2 aromatic rings. The van der Waals surface area contributed by atoms with Gasteiger partial charge < -0.3 is 9.80 Å². The Morgan fingerprint density at radius 2 is 2.35 bits per heavy atom. The number of hydrogen-bond donors (Lipinski definition) is 1. The van der Waals surface area contributed by atoms with Crippen LogP contribution in [0, 0.1) is 0 Å². The van der Waals surface area contributed by atoms with Gasteiger partial charge in [0.15, 0.2) is 10.8 Å². The average molecular weight is 330 g/mol. The van der Waals surface area contributed by atoms with Gasteiger partial charge in [0.05, 0.1) is 18.3 Å². The maximum absolute atomic E-state index is 12.1. The molecule has 118 valence electrons. The number of likely N-dealkylation sites (N-methyl/N-ethyl adjacent to an activating group) is 1. The zero-order chi connectivity index (χ0) is 16.0. The Labute approximate surface area is 136 Å². The average Bonchev–Trinajstić information content (AvgIpc) is 3.27. The molecule has 1 saturated heterocycles. The minimum Gasteiger partial charge on any atom is -0.319 e. The van der Waals surface area contributed by atoms with E-state index < -0.39 is 0 Å². The fourth-order valence-electron chi connectivity index (χ4n) is 2.76. The van der Waals surface area contributed by atoms with E-state index in [9.17, 15) is 9.59 Å². The normalized spacial score (nSPS) is 20.0. The topological polar surface area (TPSA) is 83.4 Å². The van der Waals surface area contributed by atoms with Crippen LogP contribution in [-0.2, 0) is 0 Å². The van der Waals surface area contributed by atoms with Crippen LogP contribution in [0.1, 0.15) is 10.5 Å². The minimum absolute atomic E-state index is 0.0233. The standard InChI is InChI=1S/C14H14N6O2S/c1-18-9-6-10(8-19(7-9)14(18)22)20-4-2-11(17-20)12(21)16-13-15-3-5-23-13/h2-6,9H,7-8H2,1H3,(H,15,16,21). The van der Waals surface area contributed by atoms with Gasteiger partial charge >= 0.3 is 6.03 Å². The van der Waals surface area contributed by atoms with Crippen molar-refractivity contribution in [2.75, 3.05) is 25.5 Å². The van der Waals surface area contributed by atoms with Crippen molar-refractivity contribution in [1.82, 2.24) is 24.6 Å². The molecule has 9 heteroatoms. The highest BCUT2D eigenvalue weighted by atomic mass is 32.1. The highest BCUT2D eigenvalue weighted by Gasteiger charge is 2.37. The zero-order valence-electron chi connectivity index (χ0n) is 12.3. The van der Waals surface area contributed by atoms with Crippen LogP contribution in [0.4, 0.5) is 9.93 Å². The molecule has 2 aliphatic rings. The van der Waals surface area contributed by atoms with Gasteiger partial charge in [-0.1, -0.05) is 0 Å². The van der Waals surface area contributed by atoms with Gasteiger partial charge in [-0.15, -0.1) is 11.3 Å². The molecule has 2 aromatic heterocycles. The molecule has 2 bridgehead atoms. The van der Waals surface area contributed by atoms with Crippen molar-refractivity contribution in [3.05, 3.63) is 35.6 Å². The summed E-state index contributed by atoms with van der Waals surface area (Å²) in [7, 11) is 1.79. The Kier molecular flexibility index (Phi) is 3.15. The van der Waals surface area contributed by atoms with Crippen LogP contribution in [0.3, 0.4) is 0 Å². The highest BCUT2D eigenvalue weighted by molar-refractivity contribution is 7.13. The summed E-state index contributed by atoms with van der Waals surface area (Å²) in [5.74, 6) is -0.299. The molecule has 0 aromatic carbocycles. The van der Waals surface area contributed by atoms with Crippen molar-refractivity contribution in [3.8, 4) is 0 Å². The highest BCUT2D eigenvalue weighted by Crippen LogP contribution is 2.25. The number of anilines is 1. The maximum Gasteiger partial charge on any atom is 0.320 e. The first kappa shape index (κ1) is 13.9. The number of nitrogens with one attached hydrogen (secondary N) is 1. The summed E-state index contributed by atoms with van der Waals surface area (Å²) in [6.45, 7) is 1.20. The van der Waals surface area contributed by atoms with Crippen molar-refractivity contribution in [2.45, 2.75) is 6.04 Å². The fraction of sp³-hybridized carbons (Fsp3) is 0.286. The Morgan fingerprint density at radius 3 is 3.09 bits per heavy atom. The van der Waals surface area contributed by atoms with Crippen LogP contribution in [0.25, 0.3) is 5.70 Å². The van der Waals surface area contributed by atoms with Crippen LogP contribution < -0.4 is 5.32 Å². The number of rotatable bonds is 3. The first-order chi connectivity index (χ1) is 11.1. The second-order valence-corrected chi connectivity index (χ2v) is 6.33. The molecule has 1 N–H and O–H groups in total. The van der Waals surface area contributed by atoms with Crippen LogP contribution in [0.5, 0.6) is 0 Å². The summed E-state index contributed by atoms with van der Waals surface area (Å²) >= 11 is 1.35. The number of hydrogen-bond acceptors (Lipinski definition) is 5. The van der Waals surface area contributed by atoms with E-state index in [1.54, 1.807) is 45.4 Å². The molecule has 0 saturated carbocycles. The molecule has 0 radical (unpaired) electrons. The number of amides is 3. The lowest BCUT2D eigenvalue weighted by Crippen LogP contribution is -2.31. The molecular weight excluding hydrogens is 316 g/mol. The first-order valence-electron chi connectivity index (χ1n) is 7.11. The largest absolute Gasteiger partial charge is 0.320 e. The second-order valence-electron chi connectivity index (χ2n) is 5.44. The molecule has 4 rings (SSSR count). The van der Waals surface area contributed by atoms with Crippen molar-refractivity contribution in [1.29, 1.82) is 0 Å². The Bertz CT molecular complexity index is 796. The van der Waals surface area contributed by atoms with Crippen molar-refractivity contribution in [2.24, 2.45) is 0 Å². The summed E-state index contributed by atoms with van der Waals surface area (Å²) in [5.41, 5.74) is 1.21. The third kappa shape index (κ3) is 2.38. The lowest BCUT2D eigenvalue weighted by molar-refractivity contribution is 0.102. The van der Waals surface area contributed by atoms with Gasteiger partial charge in [0.25, 0.3) is 5.91 Å². The number of urea groups is 1. The van der Waals surface area contributed by atoms with Gasteiger partial charge in [-0.3, -0.25) is 10.1 Å². The van der Waals surface area contributed by atoms with Gasteiger partial charge in [0.1, 0.15) is 0 Å².